The lowest BCUT2D eigenvalue weighted by Crippen LogP contribution is -2.46. The van der Waals surface area contributed by atoms with Gasteiger partial charge >= 0.3 is 0 Å². The molecule has 2 aromatic rings. The van der Waals surface area contributed by atoms with Gasteiger partial charge in [-0.1, -0.05) is 29.8 Å². The van der Waals surface area contributed by atoms with Crippen LogP contribution in [0.5, 0.6) is 0 Å². The van der Waals surface area contributed by atoms with E-state index in [9.17, 15) is 9.59 Å². The molecule has 1 N–H and O–H groups in total. The van der Waals surface area contributed by atoms with Crippen LogP contribution >= 0.6 is 0 Å². The highest BCUT2D eigenvalue weighted by Crippen LogP contribution is 2.14. The summed E-state index contributed by atoms with van der Waals surface area (Å²) in [5.74, 6) is 0.0339. The summed E-state index contributed by atoms with van der Waals surface area (Å²) in [6, 6.07) is 9.82. The van der Waals surface area contributed by atoms with E-state index in [0.29, 0.717) is 25.1 Å². The number of piperidine rings is 1. The predicted molar refractivity (Wildman–Crippen MR) is 90.7 cm³/mol. The number of likely N-dealkylation sites (tertiary alicyclic amines) is 1. The van der Waals surface area contributed by atoms with Crippen LogP contribution in [0.2, 0.25) is 0 Å². The fraction of sp³-hybridized carbons (Fsp3) is 0.368. The minimum atomic E-state index is -0.00631. The first kappa shape index (κ1) is 16.3. The van der Waals surface area contributed by atoms with Crippen molar-refractivity contribution in [1.82, 2.24) is 10.2 Å². The van der Waals surface area contributed by atoms with Gasteiger partial charge in [0.05, 0.1) is 18.2 Å². The smallest absolute Gasteiger partial charge is 0.257 e. The van der Waals surface area contributed by atoms with Crippen molar-refractivity contribution in [3.05, 3.63) is 59.5 Å². The second-order valence-corrected chi connectivity index (χ2v) is 6.31. The summed E-state index contributed by atoms with van der Waals surface area (Å²) in [7, 11) is 0. The zero-order valence-electron chi connectivity index (χ0n) is 13.8. The second kappa shape index (κ2) is 7.34. The van der Waals surface area contributed by atoms with E-state index in [1.807, 2.05) is 36.1 Å². The molecule has 2 heterocycles. The molecular formula is C19H22N2O3. The van der Waals surface area contributed by atoms with E-state index >= 15 is 0 Å². The van der Waals surface area contributed by atoms with Crippen LogP contribution in [0.25, 0.3) is 0 Å². The highest BCUT2D eigenvalue weighted by atomic mass is 16.3. The van der Waals surface area contributed by atoms with Crippen molar-refractivity contribution >= 4 is 11.8 Å². The third kappa shape index (κ3) is 4.04. The van der Waals surface area contributed by atoms with E-state index in [1.54, 1.807) is 6.07 Å². The third-order valence-electron chi connectivity index (χ3n) is 4.40. The van der Waals surface area contributed by atoms with E-state index < -0.39 is 0 Å². The van der Waals surface area contributed by atoms with Gasteiger partial charge in [-0.15, -0.1) is 0 Å². The summed E-state index contributed by atoms with van der Waals surface area (Å²) in [4.78, 5) is 26.2. The average Bonchev–Trinajstić information content (AvgIpc) is 3.11. The van der Waals surface area contributed by atoms with E-state index in [2.05, 4.69) is 5.32 Å². The van der Waals surface area contributed by atoms with Crippen LogP contribution in [0, 0.1) is 6.92 Å². The summed E-state index contributed by atoms with van der Waals surface area (Å²) in [6.07, 6.45) is 4.93. The van der Waals surface area contributed by atoms with E-state index in [4.69, 9.17) is 4.42 Å². The number of benzene rings is 1. The van der Waals surface area contributed by atoms with Crippen LogP contribution in [0.1, 0.15) is 34.3 Å². The Labute approximate surface area is 141 Å². The highest BCUT2D eigenvalue weighted by molar-refractivity contribution is 5.93. The Balaban J connectivity index is 1.46. The fourth-order valence-corrected chi connectivity index (χ4v) is 2.97. The number of amides is 2. The Kier molecular flexibility index (Phi) is 4.99. The maximum Gasteiger partial charge on any atom is 0.257 e. The molecule has 24 heavy (non-hydrogen) atoms. The normalized spacial score (nSPS) is 15.3. The summed E-state index contributed by atoms with van der Waals surface area (Å²) in [6.45, 7) is 3.33. The molecule has 1 aromatic carbocycles. The third-order valence-corrected chi connectivity index (χ3v) is 4.40. The van der Waals surface area contributed by atoms with Gasteiger partial charge in [-0.3, -0.25) is 9.59 Å². The van der Waals surface area contributed by atoms with Crippen LogP contribution in [-0.2, 0) is 11.2 Å². The predicted octanol–water partition coefficient (Wildman–Crippen LogP) is 2.55. The van der Waals surface area contributed by atoms with Gasteiger partial charge in [-0.2, -0.15) is 0 Å². The highest BCUT2D eigenvalue weighted by Gasteiger charge is 2.25. The van der Waals surface area contributed by atoms with E-state index in [1.165, 1.54) is 18.1 Å². The number of carbonyl (C=O) groups excluding carboxylic acids is 2. The van der Waals surface area contributed by atoms with Gasteiger partial charge in [0.25, 0.3) is 5.91 Å². The number of nitrogens with one attached hydrogen (secondary N) is 1. The Bertz CT molecular complexity index is 684. The van der Waals surface area contributed by atoms with Crippen LogP contribution in [0.3, 0.4) is 0 Å². The van der Waals surface area contributed by atoms with Crippen LogP contribution < -0.4 is 5.32 Å². The maximum absolute atomic E-state index is 12.2. The molecule has 0 atom stereocenters. The molecular weight excluding hydrogens is 304 g/mol. The van der Waals surface area contributed by atoms with Gasteiger partial charge in [0, 0.05) is 19.1 Å². The molecule has 0 saturated carbocycles. The first-order valence-corrected chi connectivity index (χ1v) is 8.28. The van der Waals surface area contributed by atoms with Gasteiger partial charge in [0.15, 0.2) is 0 Å². The van der Waals surface area contributed by atoms with Gasteiger partial charge in [-0.05, 0) is 31.4 Å². The molecule has 1 aromatic heterocycles. The molecule has 1 saturated heterocycles. The van der Waals surface area contributed by atoms with E-state index in [0.717, 1.165) is 18.4 Å². The minimum absolute atomic E-state index is 0.00631. The number of carbonyl (C=O) groups is 2. The molecule has 5 nitrogen and oxygen atoms in total. The van der Waals surface area contributed by atoms with Crippen molar-refractivity contribution in [2.45, 2.75) is 32.2 Å². The second-order valence-electron chi connectivity index (χ2n) is 6.31. The van der Waals surface area contributed by atoms with Crippen molar-refractivity contribution < 1.29 is 14.0 Å². The molecule has 2 amide bonds. The average molecular weight is 326 g/mol. The summed E-state index contributed by atoms with van der Waals surface area (Å²) in [5.41, 5.74) is 2.79. The molecule has 0 spiro atoms. The standard InChI is InChI=1S/C19H22N2O3/c1-14-2-4-15(5-3-14)12-18(22)20-17-6-9-21(10-7-17)19(23)16-8-11-24-13-16/h2-5,8,11,13,17H,6-7,9-10,12H2,1H3,(H,20,22). The number of hydrogen-bond acceptors (Lipinski definition) is 3. The zero-order valence-corrected chi connectivity index (χ0v) is 13.8. The van der Waals surface area contributed by atoms with E-state index in [-0.39, 0.29) is 17.9 Å². The zero-order chi connectivity index (χ0) is 16.9. The maximum atomic E-state index is 12.2. The lowest BCUT2D eigenvalue weighted by atomic mass is 10.0. The summed E-state index contributed by atoms with van der Waals surface area (Å²) in [5, 5.41) is 3.08. The molecule has 5 heteroatoms. The molecule has 1 aliphatic heterocycles. The molecule has 3 rings (SSSR count). The first-order valence-electron chi connectivity index (χ1n) is 8.28. The molecule has 1 fully saturated rings. The number of aryl methyl sites for hydroxylation is 1. The summed E-state index contributed by atoms with van der Waals surface area (Å²) >= 11 is 0. The molecule has 0 aliphatic carbocycles. The molecule has 126 valence electrons. The SMILES string of the molecule is Cc1ccc(CC(=O)NC2CCN(C(=O)c3ccoc3)CC2)cc1. The van der Waals surface area contributed by atoms with Crippen molar-refractivity contribution in [2.24, 2.45) is 0 Å². The fourth-order valence-electron chi connectivity index (χ4n) is 2.97. The van der Waals surface area contributed by atoms with Gasteiger partial charge in [0.1, 0.15) is 6.26 Å². The van der Waals surface area contributed by atoms with Gasteiger partial charge < -0.3 is 14.6 Å². The largest absolute Gasteiger partial charge is 0.472 e. The topological polar surface area (TPSA) is 62.6 Å². The van der Waals surface area contributed by atoms with Gasteiger partial charge in [0.2, 0.25) is 5.91 Å². The Morgan fingerprint density at radius 1 is 1.17 bits per heavy atom. The lowest BCUT2D eigenvalue weighted by Gasteiger charge is -2.32. The van der Waals surface area contributed by atoms with Crippen molar-refractivity contribution in [1.29, 1.82) is 0 Å². The number of nitrogens with zero attached hydrogens (tertiary/aromatic N) is 1. The minimum Gasteiger partial charge on any atom is -0.472 e. The number of hydrogen-bond donors (Lipinski definition) is 1. The number of rotatable bonds is 4. The van der Waals surface area contributed by atoms with Crippen LogP contribution in [0.15, 0.2) is 47.3 Å². The molecule has 0 unspecified atom stereocenters. The molecule has 0 bridgehead atoms. The first-order chi connectivity index (χ1) is 11.6. The number of furan rings is 1. The van der Waals surface area contributed by atoms with Crippen LogP contribution in [-0.4, -0.2) is 35.8 Å². The van der Waals surface area contributed by atoms with Gasteiger partial charge in [-0.25, -0.2) is 0 Å². The van der Waals surface area contributed by atoms with Crippen molar-refractivity contribution in [3.8, 4) is 0 Å². The Hall–Kier alpha value is -2.56. The quantitative estimate of drug-likeness (QED) is 0.939. The summed E-state index contributed by atoms with van der Waals surface area (Å²) < 4.78 is 4.96. The molecule has 1 aliphatic rings. The Morgan fingerprint density at radius 2 is 1.88 bits per heavy atom. The monoisotopic (exact) mass is 326 g/mol. The van der Waals surface area contributed by atoms with Crippen LogP contribution in [0.4, 0.5) is 0 Å². The molecule has 0 radical (unpaired) electrons. The van der Waals surface area contributed by atoms with Crippen molar-refractivity contribution in [2.75, 3.05) is 13.1 Å². The van der Waals surface area contributed by atoms with Crippen molar-refractivity contribution in [3.63, 3.8) is 0 Å². The Morgan fingerprint density at radius 3 is 2.50 bits per heavy atom. The lowest BCUT2D eigenvalue weighted by molar-refractivity contribution is -0.121.